The van der Waals surface area contributed by atoms with Gasteiger partial charge in [-0.25, -0.2) is 0 Å². The van der Waals surface area contributed by atoms with E-state index in [4.69, 9.17) is 17.3 Å². The van der Waals surface area contributed by atoms with Gasteiger partial charge >= 0.3 is 6.18 Å². The summed E-state index contributed by atoms with van der Waals surface area (Å²) in [6, 6.07) is 22.9. The zero-order valence-corrected chi connectivity index (χ0v) is 20.5. The van der Waals surface area contributed by atoms with Crippen LogP contribution in [0, 0.1) is 11.8 Å². The van der Waals surface area contributed by atoms with Crippen molar-refractivity contribution in [2.45, 2.75) is 44.9 Å². The lowest BCUT2D eigenvalue weighted by molar-refractivity contribution is -0.137. The molecule has 1 aliphatic rings. The molecule has 186 valence electrons. The van der Waals surface area contributed by atoms with Crippen LogP contribution in [0.4, 0.5) is 13.2 Å². The fourth-order valence-electron chi connectivity index (χ4n) is 5.04. The number of benzene rings is 3. The monoisotopic (exact) mass is 500 g/mol. The number of nitrogens with zero attached hydrogens (tertiary/aromatic N) is 1. The molecular formula is C29H32ClF3N2. The Kier molecular flexibility index (Phi) is 8.53. The number of rotatable bonds is 8. The van der Waals surface area contributed by atoms with Crippen LogP contribution in [0.1, 0.15) is 42.4 Å². The third-order valence-corrected chi connectivity index (χ3v) is 7.36. The van der Waals surface area contributed by atoms with Crippen molar-refractivity contribution in [3.8, 4) is 11.1 Å². The van der Waals surface area contributed by atoms with Crippen molar-refractivity contribution in [2.75, 3.05) is 13.1 Å². The number of halogens is 4. The Bertz CT molecular complexity index is 1080. The summed E-state index contributed by atoms with van der Waals surface area (Å²) in [6.45, 7) is 2.70. The Morgan fingerprint density at radius 2 is 1.34 bits per heavy atom. The fraction of sp³-hybridized carbons (Fsp3) is 0.379. The molecule has 1 saturated carbocycles. The molecule has 0 saturated heterocycles. The van der Waals surface area contributed by atoms with Crippen molar-refractivity contribution < 1.29 is 13.2 Å². The lowest BCUT2D eigenvalue weighted by atomic mass is 9.82. The van der Waals surface area contributed by atoms with E-state index in [9.17, 15) is 13.2 Å². The maximum atomic E-state index is 13.4. The Hall–Kier alpha value is -2.34. The molecule has 3 aromatic rings. The summed E-state index contributed by atoms with van der Waals surface area (Å²) in [5.74, 6) is 1.12. The van der Waals surface area contributed by atoms with Gasteiger partial charge in [-0.15, -0.1) is 0 Å². The maximum absolute atomic E-state index is 13.4. The highest BCUT2D eigenvalue weighted by Gasteiger charge is 2.33. The smallest absolute Gasteiger partial charge is 0.330 e. The summed E-state index contributed by atoms with van der Waals surface area (Å²) in [5, 5.41) is -0.260. The number of alkyl halides is 3. The minimum atomic E-state index is -4.47. The first-order chi connectivity index (χ1) is 16.8. The van der Waals surface area contributed by atoms with E-state index in [-0.39, 0.29) is 5.02 Å². The summed E-state index contributed by atoms with van der Waals surface area (Å²) in [5.41, 5.74) is 9.16. The summed E-state index contributed by atoms with van der Waals surface area (Å²) in [7, 11) is 0. The Balaban J connectivity index is 1.51. The minimum absolute atomic E-state index is 0.260. The van der Waals surface area contributed by atoms with Crippen LogP contribution < -0.4 is 5.73 Å². The van der Waals surface area contributed by atoms with Crippen molar-refractivity contribution in [1.29, 1.82) is 0 Å². The Labute approximate surface area is 210 Å². The maximum Gasteiger partial charge on any atom is 0.417 e. The zero-order valence-electron chi connectivity index (χ0n) is 19.8. The van der Waals surface area contributed by atoms with Gasteiger partial charge in [0.2, 0.25) is 0 Å². The second-order valence-electron chi connectivity index (χ2n) is 9.67. The first kappa shape index (κ1) is 25.7. The predicted octanol–water partition coefficient (Wildman–Crippen LogP) is 7.79. The van der Waals surface area contributed by atoms with E-state index in [1.807, 2.05) is 18.2 Å². The van der Waals surface area contributed by atoms with Gasteiger partial charge in [-0.1, -0.05) is 72.3 Å². The summed E-state index contributed by atoms with van der Waals surface area (Å²) >= 11 is 5.85. The van der Waals surface area contributed by atoms with E-state index in [2.05, 4.69) is 41.3 Å². The third kappa shape index (κ3) is 7.09. The van der Waals surface area contributed by atoms with Crippen LogP contribution in [0.5, 0.6) is 0 Å². The van der Waals surface area contributed by atoms with Crippen molar-refractivity contribution in [3.63, 3.8) is 0 Å². The lowest BCUT2D eigenvalue weighted by Gasteiger charge is -2.32. The molecule has 6 heteroatoms. The van der Waals surface area contributed by atoms with Crippen LogP contribution in [0.25, 0.3) is 11.1 Å². The van der Waals surface area contributed by atoms with E-state index in [1.165, 1.54) is 12.1 Å². The van der Waals surface area contributed by atoms with Gasteiger partial charge in [-0.3, -0.25) is 4.90 Å². The molecule has 1 fully saturated rings. The average molecular weight is 501 g/mol. The highest BCUT2D eigenvalue weighted by molar-refractivity contribution is 6.31. The van der Waals surface area contributed by atoms with Crippen molar-refractivity contribution in [1.82, 2.24) is 4.90 Å². The van der Waals surface area contributed by atoms with Crippen LogP contribution in [-0.4, -0.2) is 18.0 Å². The van der Waals surface area contributed by atoms with Gasteiger partial charge in [0.1, 0.15) is 0 Å². The van der Waals surface area contributed by atoms with Gasteiger partial charge in [0, 0.05) is 19.6 Å². The van der Waals surface area contributed by atoms with E-state index >= 15 is 0 Å². The van der Waals surface area contributed by atoms with E-state index < -0.39 is 11.7 Å². The first-order valence-corrected chi connectivity index (χ1v) is 12.6. The molecule has 2 N–H and O–H groups in total. The quantitative estimate of drug-likeness (QED) is 0.342. The summed E-state index contributed by atoms with van der Waals surface area (Å²) < 4.78 is 40.3. The van der Waals surface area contributed by atoms with Crippen molar-refractivity contribution >= 4 is 11.6 Å². The predicted molar refractivity (Wildman–Crippen MR) is 137 cm³/mol. The standard InChI is InChI=1S/C29H32ClF3N2/c30-28-15-12-24(16-27(28)29(31,32)33)20-35(18-22-8-6-21(17-34)7-9-22)19-23-10-13-26(14-11-23)25-4-2-1-3-5-25/h1-5,10-16,21-22H,6-9,17-20,34H2. The molecule has 2 nitrogen and oxygen atoms in total. The second kappa shape index (κ2) is 11.6. The normalized spacial score (nSPS) is 18.7. The second-order valence-corrected chi connectivity index (χ2v) is 10.1. The minimum Gasteiger partial charge on any atom is -0.330 e. The van der Waals surface area contributed by atoms with Crippen LogP contribution >= 0.6 is 11.6 Å². The van der Waals surface area contributed by atoms with E-state index in [0.717, 1.165) is 55.5 Å². The van der Waals surface area contributed by atoms with Crippen LogP contribution in [0.2, 0.25) is 5.02 Å². The zero-order chi connectivity index (χ0) is 24.8. The molecule has 0 aromatic heterocycles. The molecule has 35 heavy (non-hydrogen) atoms. The Morgan fingerprint density at radius 3 is 1.97 bits per heavy atom. The van der Waals surface area contributed by atoms with Crippen LogP contribution in [-0.2, 0) is 19.3 Å². The highest BCUT2D eigenvalue weighted by Crippen LogP contribution is 2.36. The summed E-state index contributed by atoms with van der Waals surface area (Å²) in [6.07, 6.45) is 0.00511. The lowest BCUT2D eigenvalue weighted by Crippen LogP contribution is -2.32. The Morgan fingerprint density at radius 1 is 0.771 bits per heavy atom. The number of nitrogens with two attached hydrogens (primary N) is 1. The molecular weight excluding hydrogens is 469 g/mol. The average Bonchev–Trinajstić information content (AvgIpc) is 2.86. The van der Waals surface area contributed by atoms with Crippen LogP contribution in [0.3, 0.4) is 0 Å². The van der Waals surface area contributed by atoms with Gasteiger partial charge < -0.3 is 5.73 Å². The van der Waals surface area contributed by atoms with Gasteiger partial charge in [0.05, 0.1) is 10.6 Å². The SMILES string of the molecule is NCC1CCC(CN(Cc2ccc(-c3ccccc3)cc2)Cc2ccc(Cl)c(C(F)(F)F)c2)CC1. The third-order valence-electron chi connectivity index (χ3n) is 7.03. The van der Waals surface area contributed by atoms with Crippen molar-refractivity contribution in [3.05, 3.63) is 94.5 Å². The molecule has 1 aliphatic carbocycles. The molecule has 0 heterocycles. The van der Waals surface area contributed by atoms with Gasteiger partial charge in [0.15, 0.2) is 0 Å². The fourth-order valence-corrected chi connectivity index (χ4v) is 5.26. The molecule has 0 amide bonds. The summed E-state index contributed by atoms with van der Waals surface area (Å²) in [4.78, 5) is 2.27. The van der Waals surface area contributed by atoms with Gasteiger partial charge in [-0.2, -0.15) is 13.2 Å². The number of hydrogen-bond acceptors (Lipinski definition) is 2. The largest absolute Gasteiger partial charge is 0.417 e. The molecule has 4 rings (SSSR count). The topological polar surface area (TPSA) is 29.3 Å². The first-order valence-electron chi connectivity index (χ1n) is 12.2. The molecule has 3 aromatic carbocycles. The highest BCUT2D eigenvalue weighted by atomic mass is 35.5. The number of hydrogen-bond donors (Lipinski definition) is 1. The van der Waals surface area contributed by atoms with Crippen molar-refractivity contribution in [2.24, 2.45) is 17.6 Å². The molecule has 0 unspecified atom stereocenters. The molecule has 0 radical (unpaired) electrons. The molecule has 0 atom stereocenters. The van der Waals surface area contributed by atoms with Gasteiger partial charge in [-0.05, 0) is 78.5 Å². The van der Waals surface area contributed by atoms with Gasteiger partial charge in [0.25, 0.3) is 0 Å². The van der Waals surface area contributed by atoms with E-state index in [0.29, 0.717) is 30.5 Å². The molecule has 0 spiro atoms. The molecule has 0 aliphatic heterocycles. The van der Waals surface area contributed by atoms with E-state index in [1.54, 1.807) is 6.07 Å². The molecule has 0 bridgehead atoms. The van der Waals surface area contributed by atoms with Crippen LogP contribution in [0.15, 0.2) is 72.8 Å².